The average molecular weight is 247 g/mol. The number of carbonyl (C=O) groups is 1. The number of hydrogen-bond acceptors (Lipinski definition) is 3. The van der Waals surface area contributed by atoms with Gasteiger partial charge >= 0.3 is 6.18 Å². The summed E-state index contributed by atoms with van der Waals surface area (Å²) in [5.74, 6) is -0.200. The van der Waals surface area contributed by atoms with E-state index in [2.05, 4.69) is 10.3 Å². The number of likely N-dealkylation sites (N-methyl/N-ethyl adjacent to an activating group) is 1. The Kier molecular flexibility index (Phi) is 4.30. The minimum absolute atomic E-state index is 0.219. The van der Waals surface area contributed by atoms with Crippen molar-refractivity contribution in [3.05, 3.63) is 24.4 Å². The SMILES string of the molecule is CN(CC(F)(F)F)C(=O)CNc1ccccn1. The summed E-state index contributed by atoms with van der Waals surface area (Å²) in [6.45, 7) is -1.47. The molecule has 4 nitrogen and oxygen atoms in total. The van der Waals surface area contributed by atoms with Crippen molar-refractivity contribution in [1.29, 1.82) is 0 Å². The molecule has 1 aromatic rings. The Morgan fingerprint density at radius 3 is 2.71 bits per heavy atom. The predicted molar refractivity (Wildman–Crippen MR) is 56.4 cm³/mol. The van der Waals surface area contributed by atoms with Crippen molar-refractivity contribution in [2.75, 3.05) is 25.5 Å². The monoisotopic (exact) mass is 247 g/mol. The maximum atomic E-state index is 12.0. The third-order valence-corrected chi connectivity index (χ3v) is 1.93. The van der Waals surface area contributed by atoms with E-state index in [1.54, 1.807) is 18.2 Å². The number of pyridine rings is 1. The second-order valence-electron chi connectivity index (χ2n) is 3.43. The fraction of sp³-hybridized carbons (Fsp3) is 0.400. The van der Waals surface area contributed by atoms with Gasteiger partial charge < -0.3 is 10.2 Å². The molecule has 1 aromatic heterocycles. The first kappa shape index (κ1) is 13.3. The summed E-state index contributed by atoms with van der Waals surface area (Å²) in [5, 5.41) is 2.64. The van der Waals surface area contributed by atoms with E-state index in [1.807, 2.05) is 0 Å². The van der Waals surface area contributed by atoms with E-state index in [1.165, 1.54) is 6.20 Å². The lowest BCUT2D eigenvalue weighted by atomic mass is 10.4. The van der Waals surface area contributed by atoms with E-state index in [4.69, 9.17) is 0 Å². The highest BCUT2D eigenvalue weighted by Gasteiger charge is 2.30. The quantitative estimate of drug-likeness (QED) is 0.877. The van der Waals surface area contributed by atoms with Crippen LogP contribution in [0.25, 0.3) is 0 Å². The normalized spacial score (nSPS) is 11.1. The van der Waals surface area contributed by atoms with Crippen molar-refractivity contribution in [1.82, 2.24) is 9.88 Å². The molecule has 0 bridgehead atoms. The zero-order chi connectivity index (χ0) is 12.9. The number of aromatic nitrogens is 1. The lowest BCUT2D eigenvalue weighted by Gasteiger charge is -2.19. The lowest BCUT2D eigenvalue weighted by Crippen LogP contribution is -2.38. The number of nitrogens with one attached hydrogen (secondary N) is 1. The molecule has 0 spiro atoms. The number of rotatable bonds is 4. The van der Waals surface area contributed by atoms with Crippen molar-refractivity contribution in [2.45, 2.75) is 6.18 Å². The third-order valence-electron chi connectivity index (χ3n) is 1.93. The van der Waals surface area contributed by atoms with E-state index in [0.717, 1.165) is 7.05 Å². The van der Waals surface area contributed by atoms with Crippen LogP contribution in [0.15, 0.2) is 24.4 Å². The summed E-state index contributed by atoms with van der Waals surface area (Å²) in [6.07, 6.45) is -2.86. The number of halogens is 3. The molecule has 1 heterocycles. The Morgan fingerprint density at radius 1 is 1.47 bits per heavy atom. The molecule has 0 aliphatic carbocycles. The number of alkyl halides is 3. The van der Waals surface area contributed by atoms with Gasteiger partial charge in [0.2, 0.25) is 5.91 Å². The summed E-state index contributed by atoms with van der Waals surface area (Å²) >= 11 is 0. The molecule has 0 atom stereocenters. The van der Waals surface area contributed by atoms with Gasteiger partial charge in [-0.15, -0.1) is 0 Å². The Balaban J connectivity index is 2.40. The molecule has 7 heteroatoms. The standard InChI is InChI=1S/C10H12F3N3O/c1-16(7-10(11,12)13)9(17)6-15-8-4-2-3-5-14-8/h2-5H,6-7H2,1H3,(H,14,15). The molecule has 0 unspecified atom stereocenters. The van der Waals surface area contributed by atoms with Gasteiger partial charge in [0.1, 0.15) is 12.4 Å². The van der Waals surface area contributed by atoms with Crippen LogP contribution in [0.4, 0.5) is 19.0 Å². The number of nitrogens with zero attached hydrogens (tertiary/aromatic N) is 2. The summed E-state index contributed by atoms with van der Waals surface area (Å²) in [5.41, 5.74) is 0. The van der Waals surface area contributed by atoms with Crippen molar-refractivity contribution in [3.8, 4) is 0 Å². The van der Waals surface area contributed by atoms with E-state index >= 15 is 0 Å². The van der Waals surface area contributed by atoms with Gasteiger partial charge in [0.25, 0.3) is 0 Å². The first-order valence-corrected chi connectivity index (χ1v) is 4.84. The largest absolute Gasteiger partial charge is 0.406 e. The number of anilines is 1. The molecule has 1 rings (SSSR count). The molecule has 1 N–H and O–H groups in total. The van der Waals surface area contributed by atoms with Crippen LogP contribution in [0.1, 0.15) is 0 Å². The summed E-state index contributed by atoms with van der Waals surface area (Å²) in [7, 11) is 1.11. The maximum absolute atomic E-state index is 12.0. The molecule has 0 aromatic carbocycles. The van der Waals surface area contributed by atoms with Crippen molar-refractivity contribution < 1.29 is 18.0 Å². The molecular weight excluding hydrogens is 235 g/mol. The fourth-order valence-electron chi connectivity index (χ4n) is 1.13. The summed E-state index contributed by atoms with van der Waals surface area (Å²) < 4.78 is 36.0. The molecule has 0 aliphatic heterocycles. The van der Waals surface area contributed by atoms with Crippen LogP contribution < -0.4 is 5.32 Å². The highest BCUT2D eigenvalue weighted by Crippen LogP contribution is 2.15. The Hall–Kier alpha value is -1.79. The first-order valence-electron chi connectivity index (χ1n) is 4.84. The van der Waals surface area contributed by atoms with Gasteiger partial charge in [0, 0.05) is 13.2 Å². The molecule has 0 fully saturated rings. The van der Waals surface area contributed by atoms with Crippen LogP contribution in [0.2, 0.25) is 0 Å². The molecule has 94 valence electrons. The number of amides is 1. The summed E-state index contributed by atoms with van der Waals surface area (Å²) in [6, 6.07) is 5.03. The van der Waals surface area contributed by atoms with Gasteiger partial charge in [0.05, 0.1) is 6.54 Å². The Labute approximate surface area is 96.4 Å². The van der Waals surface area contributed by atoms with Crippen LogP contribution in [0.5, 0.6) is 0 Å². The third kappa shape index (κ3) is 5.19. The number of carbonyl (C=O) groups excluding carboxylic acids is 1. The van der Waals surface area contributed by atoms with Gasteiger partial charge in [-0.1, -0.05) is 6.07 Å². The molecule has 1 amide bonds. The van der Waals surface area contributed by atoms with Gasteiger partial charge in [-0.25, -0.2) is 4.98 Å². The van der Waals surface area contributed by atoms with E-state index < -0.39 is 18.6 Å². The topological polar surface area (TPSA) is 45.2 Å². The van der Waals surface area contributed by atoms with Gasteiger partial charge in [-0.3, -0.25) is 4.79 Å². The van der Waals surface area contributed by atoms with E-state index in [9.17, 15) is 18.0 Å². The van der Waals surface area contributed by atoms with Crippen molar-refractivity contribution in [2.24, 2.45) is 0 Å². The van der Waals surface area contributed by atoms with Crippen molar-refractivity contribution in [3.63, 3.8) is 0 Å². The highest BCUT2D eigenvalue weighted by molar-refractivity contribution is 5.80. The zero-order valence-electron chi connectivity index (χ0n) is 9.16. The van der Waals surface area contributed by atoms with Crippen LogP contribution in [-0.4, -0.2) is 42.1 Å². The van der Waals surface area contributed by atoms with E-state index in [0.29, 0.717) is 10.7 Å². The smallest absolute Gasteiger partial charge is 0.361 e. The van der Waals surface area contributed by atoms with Gasteiger partial charge in [0.15, 0.2) is 0 Å². The zero-order valence-corrected chi connectivity index (χ0v) is 9.16. The van der Waals surface area contributed by atoms with Gasteiger partial charge in [-0.2, -0.15) is 13.2 Å². The minimum Gasteiger partial charge on any atom is -0.361 e. The second kappa shape index (κ2) is 5.51. The fourth-order valence-corrected chi connectivity index (χ4v) is 1.13. The lowest BCUT2D eigenvalue weighted by molar-refractivity contribution is -0.157. The predicted octanol–water partition coefficient (Wildman–Crippen LogP) is 1.51. The van der Waals surface area contributed by atoms with Crippen molar-refractivity contribution >= 4 is 11.7 Å². The van der Waals surface area contributed by atoms with Crippen LogP contribution in [0.3, 0.4) is 0 Å². The van der Waals surface area contributed by atoms with Gasteiger partial charge in [-0.05, 0) is 12.1 Å². The molecular formula is C10H12F3N3O. The molecule has 0 saturated heterocycles. The highest BCUT2D eigenvalue weighted by atomic mass is 19.4. The second-order valence-corrected chi connectivity index (χ2v) is 3.43. The molecule has 0 aliphatic rings. The Morgan fingerprint density at radius 2 is 2.18 bits per heavy atom. The summed E-state index contributed by atoms with van der Waals surface area (Å²) in [4.78, 5) is 15.8. The number of hydrogen-bond donors (Lipinski definition) is 1. The van der Waals surface area contributed by atoms with E-state index in [-0.39, 0.29) is 6.54 Å². The molecule has 17 heavy (non-hydrogen) atoms. The Bertz CT molecular complexity index is 367. The molecule has 0 saturated carbocycles. The van der Waals surface area contributed by atoms with Crippen LogP contribution in [0, 0.1) is 0 Å². The average Bonchev–Trinajstić information content (AvgIpc) is 2.25. The van der Waals surface area contributed by atoms with Crippen LogP contribution in [-0.2, 0) is 4.79 Å². The maximum Gasteiger partial charge on any atom is 0.406 e. The first-order chi connectivity index (χ1) is 7.88. The minimum atomic E-state index is -4.38. The molecule has 0 radical (unpaired) electrons. The van der Waals surface area contributed by atoms with Crippen LogP contribution >= 0.6 is 0 Å².